The number of aliphatic carboxylic acids is 1. The molecule has 0 spiro atoms. The number of hydrogen-bond donors (Lipinski definition) is 1. The topological polar surface area (TPSA) is 101 Å². The third-order valence-electron chi connectivity index (χ3n) is 4.84. The summed E-state index contributed by atoms with van der Waals surface area (Å²) < 4.78 is 26.9. The molecule has 1 aliphatic carbocycles. The first-order valence-electron chi connectivity index (χ1n) is 10.5. The molecule has 0 bridgehead atoms. The zero-order valence-electron chi connectivity index (χ0n) is 17.3. The molecule has 8 nitrogen and oxygen atoms in total. The van der Waals surface area contributed by atoms with E-state index in [0.717, 1.165) is 18.6 Å². The van der Waals surface area contributed by atoms with E-state index in [1.165, 1.54) is 0 Å². The Morgan fingerprint density at radius 3 is 1.90 bits per heavy atom. The van der Waals surface area contributed by atoms with Gasteiger partial charge in [0.2, 0.25) is 0 Å². The van der Waals surface area contributed by atoms with E-state index in [1.807, 2.05) is 30.3 Å². The van der Waals surface area contributed by atoms with Crippen molar-refractivity contribution in [3.63, 3.8) is 0 Å². The summed E-state index contributed by atoms with van der Waals surface area (Å²) in [6.07, 6.45) is 2.81. The van der Waals surface area contributed by atoms with Crippen LogP contribution in [-0.4, -0.2) is 69.9 Å². The molecule has 1 saturated carbocycles. The molecule has 1 aliphatic rings. The predicted octanol–water partition coefficient (Wildman–Crippen LogP) is 2.55. The van der Waals surface area contributed by atoms with Crippen LogP contribution in [0.4, 0.5) is 0 Å². The molecule has 1 aromatic rings. The van der Waals surface area contributed by atoms with Gasteiger partial charge in [-0.1, -0.05) is 31.0 Å². The Morgan fingerprint density at radius 2 is 1.30 bits per heavy atom. The van der Waals surface area contributed by atoms with Crippen LogP contribution in [0.2, 0.25) is 0 Å². The van der Waals surface area contributed by atoms with Gasteiger partial charge in [-0.15, -0.1) is 0 Å². The van der Waals surface area contributed by atoms with Gasteiger partial charge in [-0.3, -0.25) is 9.59 Å². The lowest BCUT2D eigenvalue weighted by Crippen LogP contribution is -2.34. The zero-order chi connectivity index (χ0) is 21.4. The standard InChI is InChI=1S/C22H32O8/c23-21(24)19-8-4-5-9-20(19)22(25)30-17-15-28-13-11-26-10-12-27-14-16-29-18-6-2-1-3-7-18/h1-3,6-7,19-20H,4-5,8-17H2,(H,23,24). The third kappa shape index (κ3) is 9.56. The van der Waals surface area contributed by atoms with Gasteiger partial charge in [-0.2, -0.15) is 0 Å². The van der Waals surface area contributed by atoms with E-state index >= 15 is 0 Å². The molecule has 2 rings (SSSR count). The van der Waals surface area contributed by atoms with Crippen molar-refractivity contribution < 1.29 is 38.4 Å². The number of benzene rings is 1. The van der Waals surface area contributed by atoms with Crippen molar-refractivity contribution in [2.75, 3.05) is 52.9 Å². The number of esters is 1. The maximum absolute atomic E-state index is 12.1. The van der Waals surface area contributed by atoms with Gasteiger partial charge in [0, 0.05) is 0 Å². The Balaban J connectivity index is 1.37. The van der Waals surface area contributed by atoms with Crippen LogP contribution in [0.15, 0.2) is 30.3 Å². The lowest BCUT2D eigenvalue weighted by Gasteiger charge is -2.26. The Labute approximate surface area is 177 Å². The summed E-state index contributed by atoms with van der Waals surface area (Å²) in [6, 6.07) is 9.56. The van der Waals surface area contributed by atoms with Crippen molar-refractivity contribution in [2.45, 2.75) is 25.7 Å². The van der Waals surface area contributed by atoms with Gasteiger partial charge in [0.1, 0.15) is 19.0 Å². The quantitative estimate of drug-likeness (QED) is 0.339. The molecule has 8 heteroatoms. The fraction of sp³-hybridized carbons (Fsp3) is 0.636. The normalized spacial score (nSPS) is 18.7. The van der Waals surface area contributed by atoms with Crippen molar-refractivity contribution in [2.24, 2.45) is 11.8 Å². The van der Waals surface area contributed by atoms with Crippen LogP contribution in [0.1, 0.15) is 25.7 Å². The first-order chi connectivity index (χ1) is 14.7. The van der Waals surface area contributed by atoms with E-state index < -0.39 is 23.8 Å². The fourth-order valence-electron chi connectivity index (χ4n) is 3.29. The second-order valence-electron chi connectivity index (χ2n) is 7.00. The maximum atomic E-state index is 12.1. The minimum atomic E-state index is -0.919. The summed E-state index contributed by atoms with van der Waals surface area (Å²) >= 11 is 0. The van der Waals surface area contributed by atoms with Crippen molar-refractivity contribution in [1.82, 2.24) is 0 Å². The summed E-state index contributed by atoms with van der Waals surface area (Å²) in [5.41, 5.74) is 0. The first kappa shape index (κ1) is 24.1. The minimum Gasteiger partial charge on any atom is -0.491 e. The van der Waals surface area contributed by atoms with Crippen LogP contribution in [0, 0.1) is 11.8 Å². The van der Waals surface area contributed by atoms with Crippen LogP contribution in [0.25, 0.3) is 0 Å². The Hall–Kier alpha value is -2.16. The van der Waals surface area contributed by atoms with Crippen molar-refractivity contribution in [3.05, 3.63) is 30.3 Å². The molecular weight excluding hydrogens is 392 g/mol. The van der Waals surface area contributed by atoms with Crippen molar-refractivity contribution >= 4 is 11.9 Å². The van der Waals surface area contributed by atoms with E-state index in [0.29, 0.717) is 52.5 Å². The molecule has 0 aliphatic heterocycles. The molecule has 2 unspecified atom stereocenters. The van der Waals surface area contributed by atoms with Crippen molar-refractivity contribution in [3.8, 4) is 5.75 Å². The summed E-state index contributed by atoms with van der Waals surface area (Å²) in [4.78, 5) is 23.3. The molecular formula is C22H32O8. The molecule has 1 fully saturated rings. The zero-order valence-corrected chi connectivity index (χ0v) is 17.3. The Bertz CT molecular complexity index is 606. The van der Waals surface area contributed by atoms with Crippen LogP contribution < -0.4 is 4.74 Å². The van der Waals surface area contributed by atoms with Gasteiger partial charge in [0.25, 0.3) is 0 Å². The highest BCUT2D eigenvalue weighted by Crippen LogP contribution is 2.31. The summed E-state index contributed by atoms with van der Waals surface area (Å²) in [6.45, 7) is 3.09. The average molecular weight is 424 g/mol. The van der Waals surface area contributed by atoms with Crippen LogP contribution >= 0.6 is 0 Å². The number of hydrogen-bond acceptors (Lipinski definition) is 7. The largest absolute Gasteiger partial charge is 0.491 e. The number of carboxylic acid groups (broad SMARTS) is 1. The third-order valence-corrected chi connectivity index (χ3v) is 4.84. The molecule has 30 heavy (non-hydrogen) atoms. The maximum Gasteiger partial charge on any atom is 0.309 e. The van der Waals surface area contributed by atoms with Crippen LogP contribution in [0.5, 0.6) is 5.75 Å². The molecule has 168 valence electrons. The number of ether oxygens (including phenoxy) is 5. The highest BCUT2D eigenvalue weighted by Gasteiger charge is 2.36. The molecule has 1 N–H and O–H groups in total. The second-order valence-corrected chi connectivity index (χ2v) is 7.00. The van der Waals surface area contributed by atoms with E-state index in [-0.39, 0.29) is 13.2 Å². The highest BCUT2D eigenvalue weighted by atomic mass is 16.6. The molecule has 1 aromatic carbocycles. The summed E-state index contributed by atoms with van der Waals surface area (Å²) in [5, 5.41) is 9.22. The van der Waals surface area contributed by atoms with Gasteiger partial charge in [0.05, 0.1) is 51.5 Å². The van der Waals surface area contributed by atoms with Crippen LogP contribution in [0.3, 0.4) is 0 Å². The van der Waals surface area contributed by atoms with Gasteiger partial charge in [0.15, 0.2) is 0 Å². The summed E-state index contributed by atoms with van der Waals surface area (Å²) in [5.74, 6) is -1.71. The number of carboxylic acids is 1. The molecule has 0 saturated heterocycles. The Morgan fingerprint density at radius 1 is 0.767 bits per heavy atom. The second kappa shape index (κ2) is 14.8. The molecule has 0 aromatic heterocycles. The van der Waals surface area contributed by atoms with E-state index in [2.05, 4.69) is 0 Å². The number of rotatable bonds is 15. The van der Waals surface area contributed by atoms with E-state index in [4.69, 9.17) is 23.7 Å². The van der Waals surface area contributed by atoms with Gasteiger partial charge >= 0.3 is 11.9 Å². The average Bonchev–Trinajstić information content (AvgIpc) is 2.77. The SMILES string of the molecule is O=C(O)C1CCCCC1C(=O)OCCOCCOCCOCCOc1ccccc1. The molecule has 0 heterocycles. The number of para-hydroxylation sites is 1. The predicted molar refractivity (Wildman–Crippen MR) is 108 cm³/mol. The lowest BCUT2D eigenvalue weighted by atomic mass is 9.79. The number of carbonyl (C=O) groups excluding carboxylic acids is 1. The molecule has 0 amide bonds. The van der Waals surface area contributed by atoms with E-state index in [1.54, 1.807) is 0 Å². The highest BCUT2D eigenvalue weighted by molar-refractivity contribution is 5.81. The monoisotopic (exact) mass is 424 g/mol. The minimum absolute atomic E-state index is 0.117. The smallest absolute Gasteiger partial charge is 0.309 e. The molecule has 2 atom stereocenters. The number of carbonyl (C=O) groups is 2. The first-order valence-corrected chi connectivity index (χ1v) is 10.5. The van der Waals surface area contributed by atoms with Gasteiger partial charge in [-0.25, -0.2) is 0 Å². The summed E-state index contributed by atoms with van der Waals surface area (Å²) in [7, 11) is 0. The Kier molecular flexibility index (Phi) is 11.9. The fourth-order valence-corrected chi connectivity index (χ4v) is 3.29. The van der Waals surface area contributed by atoms with Crippen molar-refractivity contribution in [1.29, 1.82) is 0 Å². The van der Waals surface area contributed by atoms with Crippen LogP contribution in [-0.2, 0) is 28.5 Å². The molecule has 0 radical (unpaired) electrons. The van der Waals surface area contributed by atoms with E-state index in [9.17, 15) is 14.7 Å². The van der Waals surface area contributed by atoms with Gasteiger partial charge in [-0.05, 0) is 25.0 Å². The van der Waals surface area contributed by atoms with Gasteiger partial charge < -0.3 is 28.8 Å². The lowest BCUT2D eigenvalue weighted by molar-refractivity contribution is -0.160.